The van der Waals surface area contributed by atoms with Gasteiger partial charge in [-0.25, -0.2) is 4.98 Å². The van der Waals surface area contributed by atoms with Gasteiger partial charge in [0.05, 0.1) is 15.9 Å². The van der Waals surface area contributed by atoms with Crippen LogP contribution in [0.15, 0.2) is 64.1 Å². The Labute approximate surface area is 172 Å². The number of aryl methyl sites for hydroxylation is 1. The third-order valence-corrected chi connectivity index (χ3v) is 5.37. The van der Waals surface area contributed by atoms with E-state index in [0.717, 1.165) is 16.2 Å². The van der Waals surface area contributed by atoms with Gasteiger partial charge in [-0.2, -0.15) is 0 Å². The van der Waals surface area contributed by atoms with Crippen molar-refractivity contribution in [2.75, 3.05) is 6.54 Å². The highest BCUT2D eigenvalue weighted by atomic mass is 32.2. The zero-order chi connectivity index (χ0) is 20.8. The zero-order valence-corrected chi connectivity index (χ0v) is 16.9. The number of carbonyl (C=O) groups is 1. The van der Waals surface area contributed by atoms with Crippen LogP contribution in [0, 0.1) is 17.0 Å². The van der Waals surface area contributed by atoms with E-state index in [9.17, 15) is 14.9 Å². The zero-order valence-electron chi connectivity index (χ0n) is 16.1. The van der Waals surface area contributed by atoms with E-state index in [2.05, 4.69) is 10.3 Å². The maximum Gasteiger partial charge on any atom is 0.269 e. The second kappa shape index (κ2) is 9.38. The predicted molar refractivity (Wildman–Crippen MR) is 112 cm³/mol. The highest BCUT2D eigenvalue weighted by Crippen LogP contribution is 2.25. The molecule has 0 bridgehead atoms. The number of nitro benzene ring substituents is 1. The minimum Gasteiger partial charge on any atom is -0.444 e. The molecule has 0 aliphatic rings. The van der Waals surface area contributed by atoms with Gasteiger partial charge in [-0.3, -0.25) is 14.9 Å². The van der Waals surface area contributed by atoms with Crippen molar-refractivity contribution in [1.82, 2.24) is 10.3 Å². The van der Waals surface area contributed by atoms with Gasteiger partial charge in [0.25, 0.3) is 5.69 Å². The first kappa shape index (κ1) is 20.6. The van der Waals surface area contributed by atoms with Crippen LogP contribution in [-0.4, -0.2) is 27.6 Å². The van der Waals surface area contributed by atoms with Crippen molar-refractivity contribution in [3.05, 3.63) is 76.2 Å². The minimum atomic E-state index is -0.446. The molecule has 8 heteroatoms. The van der Waals surface area contributed by atoms with E-state index in [1.165, 1.54) is 29.5 Å². The number of oxazole rings is 1. The third-order valence-electron chi connectivity index (χ3n) is 4.26. The normalized spacial score (nSPS) is 11.8. The van der Waals surface area contributed by atoms with Gasteiger partial charge in [0, 0.05) is 35.6 Å². The Bertz CT molecular complexity index is 984. The van der Waals surface area contributed by atoms with Gasteiger partial charge in [-0.15, -0.1) is 11.8 Å². The first-order valence-electron chi connectivity index (χ1n) is 9.12. The molecule has 0 saturated carbocycles. The van der Waals surface area contributed by atoms with Gasteiger partial charge < -0.3 is 9.73 Å². The van der Waals surface area contributed by atoms with Gasteiger partial charge in [0.15, 0.2) is 0 Å². The summed E-state index contributed by atoms with van der Waals surface area (Å²) in [6.07, 6.45) is 2.17. The third kappa shape index (κ3) is 5.68. The molecule has 29 heavy (non-hydrogen) atoms. The van der Waals surface area contributed by atoms with Crippen LogP contribution in [0.2, 0.25) is 0 Å². The van der Waals surface area contributed by atoms with Gasteiger partial charge >= 0.3 is 0 Å². The summed E-state index contributed by atoms with van der Waals surface area (Å²) < 4.78 is 5.53. The Balaban J connectivity index is 1.46. The van der Waals surface area contributed by atoms with Crippen LogP contribution < -0.4 is 5.32 Å². The van der Waals surface area contributed by atoms with Crippen LogP contribution in [0.25, 0.3) is 11.5 Å². The molecular formula is C21H21N3O4S. The van der Waals surface area contributed by atoms with Crippen molar-refractivity contribution in [2.24, 2.45) is 0 Å². The Kier molecular flexibility index (Phi) is 6.66. The maximum atomic E-state index is 12.3. The second-order valence-electron chi connectivity index (χ2n) is 6.56. The van der Waals surface area contributed by atoms with Crippen LogP contribution >= 0.6 is 11.8 Å². The molecule has 1 atom stereocenters. The largest absolute Gasteiger partial charge is 0.444 e. The first-order chi connectivity index (χ1) is 13.9. The number of hydrogen-bond acceptors (Lipinski definition) is 6. The number of hydrogen-bond donors (Lipinski definition) is 1. The van der Waals surface area contributed by atoms with Crippen LogP contribution in [0.4, 0.5) is 5.69 Å². The lowest BCUT2D eigenvalue weighted by Gasteiger charge is -2.11. The number of nitrogens with one attached hydrogen (secondary N) is 1. The predicted octanol–water partition coefficient (Wildman–Crippen LogP) is 4.40. The Morgan fingerprint density at radius 3 is 2.55 bits per heavy atom. The molecule has 0 radical (unpaired) electrons. The molecule has 1 N–H and O–H groups in total. The fourth-order valence-corrected chi connectivity index (χ4v) is 3.50. The van der Waals surface area contributed by atoms with Gasteiger partial charge in [0.1, 0.15) is 6.26 Å². The van der Waals surface area contributed by atoms with Crippen LogP contribution in [0.3, 0.4) is 0 Å². The fraction of sp³-hybridized carbons (Fsp3) is 0.238. The number of benzene rings is 2. The SMILES string of the molecule is Cc1ccc(-c2nc(CCNC(=O)C(C)Sc3ccc([N+](=O)[O-])cc3)co2)cc1. The molecule has 1 aromatic heterocycles. The molecule has 1 heterocycles. The van der Waals surface area contributed by atoms with E-state index >= 15 is 0 Å². The lowest BCUT2D eigenvalue weighted by atomic mass is 10.1. The fourth-order valence-electron chi connectivity index (χ4n) is 2.61. The van der Waals surface area contributed by atoms with Crippen molar-refractivity contribution in [1.29, 1.82) is 0 Å². The van der Waals surface area contributed by atoms with E-state index in [-0.39, 0.29) is 16.8 Å². The molecule has 0 fully saturated rings. The Morgan fingerprint density at radius 2 is 1.90 bits per heavy atom. The number of amides is 1. The van der Waals surface area contributed by atoms with Gasteiger partial charge in [-0.05, 0) is 38.1 Å². The molecule has 0 aliphatic heterocycles. The van der Waals surface area contributed by atoms with Gasteiger partial charge in [0.2, 0.25) is 11.8 Å². The quantitative estimate of drug-likeness (QED) is 0.335. The monoisotopic (exact) mass is 411 g/mol. The van der Waals surface area contributed by atoms with Crippen LogP contribution in [-0.2, 0) is 11.2 Å². The van der Waals surface area contributed by atoms with Crippen LogP contribution in [0.1, 0.15) is 18.2 Å². The van der Waals surface area contributed by atoms with Crippen molar-refractivity contribution in [2.45, 2.75) is 30.4 Å². The molecule has 7 nitrogen and oxygen atoms in total. The molecule has 0 aliphatic carbocycles. The van der Waals surface area contributed by atoms with E-state index in [4.69, 9.17) is 4.42 Å². The molecule has 3 aromatic rings. The highest BCUT2D eigenvalue weighted by Gasteiger charge is 2.15. The molecule has 2 aromatic carbocycles. The molecular weight excluding hydrogens is 390 g/mol. The smallest absolute Gasteiger partial charge is 0.269 e. The summed E-state index contributed by atoms with van der Waals surface area (Å²) in [5.74, 6) is 0.462. The lowest BCUT2D eigenvalue weighted by molar-refractivity contribution is -0.384. The number of rotatable bonds is 8. The Morgan fingerprint density at radius 1 is 1.21 bits per heavy atom. The average Bonchev–Trinajstić information content (AvgIpc) is 3.17. The summed E-state index contributed by atoms with van der Waals surface area (Å²) in [5.41, 5.74) is 2.89. The van der Waals surface area contributed by atoms with Gasteiger partial charge in [-0.1, -0.05) is 17.7 Å². The summed E-state index contributed by atoms with van der Waals surface area (Å²) in [6, 6.07) is 14.1. The van der Waals surface area contributed by atoms with Crippen molar-refractivity contribution in [3.8, 4) is 11.5 Å². The maximum absolute atomic E-state index is 12.3. The number of carbonyl (C=O) groups excluding carboxylic acids is 1. The molecule has 3 rings (SSSR count). The van der Waals surface area contributed by atoms with E-state index in [0.29, 0.717) is 18.9 Å². The molecule has 150 valence electrons. The summed E-state index contributed by atoms with van der Waals surface area (Å²) in [4.78, 5) is 27.8. The molecule has 1 unspecified atom stereocenters. The highest BCUT2D eigenvalue weighted by molar-refractivity contribution is 8.00. The first-order valence-corrected chi connectivity index (χ1v) is 10.0. The average molecular weight is 411 g/mol. The summed E-state index contributed by atoms with van der Waals surface area (Å²) in [5, 5.41) is 13.3. The van der Waals surface area contributed by atoms with Crippen molar-refractivity contribution in [3.63, 3.8) is 0 Å². The number of thioether (sulfide) groups is 1. The topological polar surface area (TPSA) is 98.3 Å². The molecule has 0 saturated heterocycles. The van der Waals surface area contributed by atoms with E-state index in [1.54, 1.807) is 25.3 Å². The minimum absolute atomic E-state index is 0.0315. The summed E-state index contributed by atoms with van der Waals surface area (Å²) in [7, 11) is 0. The summed E-state index contributed by atoms with van der Waals surface area (Å²) in [6.45, 7) is 4.27. The van der Waals surface area contributed by atoms with Crippen molar-refractivity contribution < 1.29 is 14.1 Å². The van der Waals surface area contributed by atoms with Crippen molar-refractivity contribution >= 4 is 23.4 Å². The van der Waals surface area contributed by atoms with Crippen LogP contribution in [0.5, 0.6) is 0 Å². The number of nitro groups is 1. The molecule has 0 spiro atoms. The molecule has 1 amide bonds. The van der Waals surface area contributed by atoms with E-state index in [1.807, 2.05) is 31.2 Å². The second-order valence-corrected chi connectivity index (χ2v) is 7.98. The standard InChI is InChI=1S/C21H21N3O4S/c1-14-3-5-16(6-4-14)21-23-17(13-28-21)11-12-22-20(25)15(2)29-19-9-7-18(8-10-19)24(26)27/h3-10,13,15H,11-12H2,1-2H3,(H,22,25). The Hall–Kier alpha value is -3.13. The summed E-state index contributed by atoms with van der Waals surface area (Å²) >= 11 is 1.35. The lowest BCUT2D eigenvalue weighted by Crippen LogP contribution is -2.32. The number of nitrogens with zero attached hydrogens (tertiary/aromatic N) is 2. The number of non-ortho nitro benzene ring substituents is 1. The van der Waals surface area contributed by atoms with E-state index < -0.39 is 4.92 Å². The number of aromatic nitrogens is 1.